The first-order valence-corrected chi connectivity index (χ1v) is 7.41. The van der Waals surface area contributed by atoms with E-state index in [0.717, 1.165) is 36.3 Å². The first kappa shape index (κ1) is 16.0. The minimum Gasteiger partial charge on any atom is -0.338 e. The Labute approximate surface area is 131 Å². The lowest BCUT2D eigenvalue weighted by Crippen LogP contribution is -2.21. The van der Waals surface area contributed by atoms with Crippen LogP contribution in [0.15, 0.2) is 28.8 Å². The number of nitrogens with zero attached hydrogens (tertiary/aromatic N) is 2. The largest absolute Gasteiger partial charge is 0.338 e. The van der Waals surface area contributed by atoms with Crippen LogP contribution in [0, 0.1) is 0 Å². The lowest BCUT2D eigenvalue weighted by atomic mass is 9.83. The molecular formula is C16H22ClN3O. The van der Waals surface area contributed by atoms with Crippen molar-refractivity contribution in [3.63, 3.8) is 0 Å². The van der Waals surface area contributed by atoms with Crippen LogP contribution >= 0.6 is 12.4 Å². The van der Waals surface area contributed by atoms with Crippen LogP contribution < -0.4 is 5.73 Å². The third kappa shape index (κ3) is 2.97. The molecule has 0 aliphatic heterocycles. The summed E-state index contributed by atoms with van der Waals surface area (Å²) in [4.78, 5) is 4.65. The van der Waals surface area contributed by atoms with Crippen molar-refractivity contribution in [3.05, 3.63) is 35.7 Å². The Morgan fingerprint density at radius 1 is 1.19 bits per heavy atom. The van der Waals surface area contributed by atoms with E-state index < -0.39 is 0 Å². The summed E-state index contributed by atoms with van der Waals surface area (Å²) in [6.07, 6.45) is 5.92. The first-order chi connectivity index (χ1) is 9.77. The summed E-state index contributed by atoms with van der Waals surface area (Å²) in [5.41, 5.74) is 7.82. The van der Waals surface area contributed by atoms with E-state index in [1.54, 1.807) is 0 Å². The average Bonchev–Trinajstić information content (AvgIpc) is 3.17. The van der Waals surface area contributed by atoms with E-state index in [4.69, 9.17) is 10.3 Å². The van der Waals surface area contributed by atoms with Crippen LogP contribution in [0.3, 0.4) is 0 Å². The Balaban J connectivity index is 0.00000161. The Kier molecular flexibility index (Phi) is 5.01. The van der Waals surface area contributed by atoms with Crippen LogP contribution in [0.25, 0.3) is 11.4 Å². The maximum absolute atomic E-state index is 5.61. The molecule has 21 heavy (non-hydrogen) atoms. The van der Waals surface area contributed by atoms with Crippen LogP contribution in [0.5, 0.6) is 0 Å². The molecule has 1 aliphatic rings. The van der Waals surface area contributed by atoms with Gasteiger partial charge in [-0.15, -0.1) is 12.4 Å². The number of rotatable bonds is 4. The quantitative estimate of drug-likeness (QED) is 0.932. The van der Waals surface area contributed by atoms with E-state index in [9.17, 15) is 0 Å². The summed E-state index contributed by atoms with van der Waals surface area (Å²) in [6.45, 7) is 2.77. The maximum atomic E-state index is 5.61. The van der Waals surface area contributed by atoms with Crippen molar-refractivity contribution >= 4 is 12.4 Å². The molecule has 1 saturated carbocycles. The fourth-order valence-corrected chi connectivity index (χ4v) is 3.12. The molecule has 0 unspecified atom stereocenters. The van der Waals surface area contributed by atoms with E-state index in [1.807, 2.05) is 24.3 Å². The third-order valence-corrected chi connectivity index (χ3v) is 4.56. The molecule has 5 heteroatoms. The standard InChI is InChI=1S/C16H21N3O.ClH/c1-2-16(9-3-4-10-16)15-18-14(19-20-15)13-7-5-12(11-17)6-8-13;/h5-8H,2-4,9-11,17H2,1H3;1H. The van der Waals surface area contributed by atoms with Gasteiger partial charge < -0.3 is 10.3 Å². The zero-order valence-corrected chi connectivity index (χ0v) is 13.2. The molecule has 2 aromatic rings. The first-order valence-electron chi connectivity index (χ1n) is 7.41. The molecule has 1 aromatic carbocycles. The van der Waals surface area contributed by atoms with Crippen molar-refractivity contribution in [2.45, 2.75) is 51.0 Å². The number of nitrogens with two attached hydrogens (primary N) is 1. The van der Waals surface area contributed by atoms with Gasteiger partial charge in [0.25, 0.3) is 0 Å². The van der Waals surface area contributed by atoms with Gasteiger partial charge in [-0.3, -0.25) is 0 Å². The van der Waals surface area contributed by atoms with Crippen molar-refractivity contribution in [2.24, 2.45) is 5.73 Å². The molecule has 0 saturated heterocycles. The Morgan fingerprint density at radius 3 is 2.43 bits per heavy atom. The van der Waals surface area contributed by atoms with Crippen molar-refractivity contribution in [1.29, 1.82) is 0 Å². The zero-order chi connectivity index (χ0) is 14.0. The molecular weight excluding hydrogens is 286 g/mol. The van der Waals surface area contributed by atoms with Gasteiger partial charge in [0.05, 0.1) is 0 Å². The van der Waals surface area contributed by atoms with E-state index in [-0.39, 0.29) is 17.8 Å². The molecule has 1 heterocycles. The second kappa shape index (κ2) is 6.58. The van der Waals surface area contributed by atoms with Gasteiger partial charge >= 0.3 is 0 Å². The van der Waals surface area contributed by atoms with Gasteiger partial charge in [-0.2, -0.15) is 4.98 Å². The minimum atomic E-state index is 0. The fourth-order valence-electron chi connectivity index (χ4n) is 3.12. The van der Waals surface area contributed by atoms with Crippen LogP contribution in [0.1, 0.15) is 50.5 Å². The van der Waals surface area contributed by atoms with E-state index >= 15 is 0 Å². The second-order valence-corrected chi connectivity index (χ2v) is 5.67. The van der Waals surface area contributed by atoms with Gasteiger partial charge in [-0.25, -0.2) is 0 Å². The van der Waals surface area contributed by atoms with Gasteiger partial charge in [-0.1, -0.05) is 49.2 Å². The van der Waals surface area contributed by atoms with Gasteiger partial charge in [0.15, 0.2) is 0 Å². The monoisotopic (exact) mass is 307 g/mol. The highest BCUT2D eigenvalue weighted by atomic mass is 35.5. The SMILES string of the molecule is CCC1(c2nc(-c3ccc(CN)cc3)no2)CCCC1.Cl. The molecule has 2 N–H and O–H groups in total. The van der Waals surface area contributed by atoms with Crippen molar-refractivity contribution in [1.82, 2.24) is 10.1 Å². The molecule has 0 radical (unpaired) electrons. The fraction of sp³-hybridized carbons (Fsp3) is 0.500. The molecule has 0 amide bonds. The molecule has 4 nitrogen and oxygen atoms in total. The maximum Gasteiger partial charge on any atom is 0.233 e. The lowest BCUT2D eigenvalue weighted by Gasteiger charge is -2.21. The van der Waals surface area contributed by atoms with Gasteiger partial charge in [-0.05, 0) is 24.8 Å². The summed E-state index contributed by atoms with van der Waals surface area (Å²) in [5, 5.41) is 4.16. The molecule has 0 spiro atoms. The van der Waals surface area contributed by atoms with Crippen molar-refractivity contribution in [3.8, 4) is 11.4 Å². The van der Waals surface area contributed by atoms with Gasteiger partial charge in [0.2, 0.25) is 11.7 Å². The van der Waals surface area contributed by atoms with E-state index in [1.165, 1.54) is 12.8 Å². The second-order valence-electron chi connectivity index (χ2n) is 5.67. The smallest absolute Gasteiger partial charge is 0.233 e. The minimum absolute atomic E-state index is 0. The predicted molar refractivity (Wildman–Crippen MR) is 85.3 cm³/mol. The Bertz CT molecular complexity index is 573. The lowest BCUT2D eigenvalue weighted by molar-refractivity contribution is 0.273. The summed E-state index contributed by atoms with van der Waals surface area (Å²) in [6, 6.07) is 8.03. The van der Waals surface area contributed by atoms with E-state index in [2.05, 4.69) is 17.1 Å². The third-order valence-electron chi connectivity index (χ3n) is 4.56. The zero-order valence-electron chi connectivity index (χ0n) is 12.3. The van der Waals surface area contributed by atoms with Gasteiger partial charge in [0.1, 0.15) is 0 Å². The molecule has 1 aliphatic carbocycles. The number of benzene rings is 1. The number of hydrogen-bond acceptors (Lipinski definition) is 4. The number of hydrogen-bond donors (Lipinski definition) is 1. The summed E-state index contributed by atoms with van der Waals surface area (Å²) < 4.78 is 5.57. The van der Waals surface area contributed by atoms with Crippen LogP contribution in [-0.4, -0.2) is 10.1 Å². The van der Waals surface area contributed by atoms with Crippen molar-refractivity contribution < 1.29 is 4.52 Å². The highest BCUT2D eigenvalue weighted by Crippen LogP contribution is 2.43. The average molecular weight is 308 g/mol. The number of halogens is 1. The normalized spacial score (nSPS) is 16.7. The summed E-state index contributed by atoms with van der Waals surface area (Å²) >= 11 is 0. The van der Waals surface area contributed by atoms with Crippen LogP contribution in [0.2, 0.25) is 0 Å². The van der Waals surface area contributed by atoms with Crippen molar-refractivity contribution in [2.75, 3.05) is 0 Å². The molecule has 114 valence electrons. The molecule has 0 atom stereocenters. The van der Waals surface area contributed by atoms with Gasteiger partial charge in [0, 0.05) is 17.5 Å². The van der Waals surface area contributed by atoms with Crippen LogP contribution in [-0.2, 0) is 12.0 Å². The highest BCUT2D eigenvalue weighted by molar-refractivity contribution is 5.85. The summed E-state index contributed by atoms with van der Waals surface area (Å²) in [7, 11) is 0. The molecule has 1 fully saturated rings. The molecule has 3 rings (SSSR count). The molecule has 1 aromatic heterocycles. The topological polar surface area (TPSA) is 64.9 Å². The molecule has 0 bridgehead atoms. The predicted octanol–water partition coefficient (Wildman–Crippen LogP) is 3.84. The Hall–Kier alpha value is -1.39. The number of aromatic nitrogens is 2. The summed E-state index contributed by atoms with van der Waals surface area (Å²) in [5.74, 6) is 1.50. The Morgan fingerprint density at radius 2 is 1.86 bits per heavy atom. The van der Waals surface area contributed by atoms with Crippen LogP contribution in [0.4, 0.5) is 0 Å². The highest BCUT2D eigenvalue weighted by Gasteiger charge is 2.39. The van der Waals surface area contributed by atoms with E-state index in [0.29, 0.717) is 12.4 Å².